The van der Waals surface area contributed by atoms with Gasteiger partial charge < -0.3 is 4.74 Å². The molecule has 0 radical (unpaired) electrons. The zero-order chi connectivity index (χ0) is 13.2. The van der Waals surface area contributed by atoms with Crippen molar-refractivity contribution in [1.82, 2.24) is 0 Å². The summed E-state index contributed by atoms with van der Waals surface area (Å²) >= 11 is 5.05. The van der Waals surface area contributed by atoms with Crippen molar-refractivity contribution in [3.63, 3.8) is 0 Å². The van der Waals surface area contributed by atoms with Crippen LogP contribution in [0.1, 0.15) is 5.56 Å². The summed E-state index contributed by atoms with van der Waals surface area (Å²) in [5.41, 5.74) is 1.12. The third-order valence-electron chi connectivity index (χ3n) is 2.84. The number of ether oxygens (including phenoxy) is 1. The van der Waals surface area contributed by atoms with E-state index in [1.54, 1.807) is 17.4 Å². The summed E-state index contributed by atoms with van der Waals surface area (Å²) < 4.78 is 20.9. The summed E-state index contributed by atoms with van der Waals surface area (Å²) in [5.74, 6) is 0.226. The molecule has 0 amide bonds. The number of hydrogen-bond donors (Lipinski definition) is 0. The molecule has 4 heteroatoms. The van der Waals surface area contributed by atoms with Gasteiger partial charge in [0.15, 0.2) is 0 Å². The van der Waals surface area contributed by atoms with Crippen molar-refractivity contribution in [2.45, 2.75) is 6.61 Å². The molecule has 3 aromatic rings. The Kier molecular flexibility index (Phi) is 3.53. The van der Waals surface area contributed by atoms with Gasteiger partial charge in [0.05, 0.1) is 4.47 Å². The minimum absolute atomic E-state index is 0.298. The Balaban J connectivity index is 1.84. The summed E-state index contributed by atoms with van der Waals surface area (Å²) in [6, 6.07) is 12.6. The average Bonchev–Trinajstić information content (AvgIpc) is 2.83. The largest absolute Gasteiger partial charge is 0.488 e. The van der Waals surface area contributed by atoms with Crippen molar-refractivity contribution >= 4 is 37.4 Å². The van der Waals surface area contributed by atoms with Gasteiger partial charge in [0, 0.05) is 16.3 Å². The highest BCUT2D eigenvalue weighted by Crippen LogP contribution is 2.29. The summed E-state index contributed by atoms with van der Waals surface area (Å²) in [6.45, 7) is 0.437. The van der Waals surface area contributed by atoms with E-state index in [2.05, 4.69) is 33.4 Å². The number of fused-ring (bicyclic) bond motifs is 1. The quantitative estimate of drug-likeness (QED) is 0.623. The van der Waals surface area contributed by atoms with Crippen LogP contribution in [0.25, 0.3) is 10.1 Å². The lowest BCUT2D eigenvalue weighted by Gasteiger charge is -2.07. The van der Waals surface area contributed by atoms with Crippen LogP contribution in [0.2, 0.25) is 0 Å². The Morgan fingerprint density at radius 1 is 1.16 bits per heavy atom. The Hall–Kier alpha value is -1.39. The Morgan fingerprint density at radius 2 is 2.00 bits per heavy atom. The van der Waals surface area contributed by atoms with Crippen LogP contribution in [0, 0.1) is 5.82 Å². The van der Waals surface area contributed by atoms with Gasteiger partial charge >= 0.3 is 0 Å². The zero-order valence-corrected chi connectivity index (χ0v) is 12.3. The number of hydrogen-bond acceptors (Lipinski definition) is 2. The maximum absolute atomic E-state index is 13.2. The predicted octanol–water partition coefficient (Wildman–Crippen LogP) is 5.38. The first-order valence-corrected chi connectivity index (χ1v) is 7.44. The van der Waals surface area contributed by atoms with E-state index >= 15 is 0 Å². The first-order chi connectivity index (χ1) is 9.24. The van der Waals surface area contributed by atoms with Crippen LogP contribution in [-0.2, 0) is 6.61 Å². The predicted molar refractivity (Wildman–Crippen MR) is 80.3 cm³/mol. The van der Waals surface area contributed by atoms with E-state index in [-0.39, 0.29) is 5.82 Å². The maximum Gasteiger partial charge on any atom is 0.136 e. The van der Waals surface area contributed by atoms with Crippen molar-refractivity contribution in [3.8, 4) is 5.75 Å². The van der Waals surface area contributed by atoms with Gasteiger partial charge in [-0.3, -0.25) is 0 Å². The van der Waals surface area contributed by atoms with E-state index in [9.17, 15) is 4.39 Å². The van der Waals surface area contributed by atoms with Crippen LogP contribution < -0.4 is 4.74 Å². The lowest BCUT2D eigenvalue weighted by atomic mass is 10.2. The molecule has 0 aliphatic rings. The molecular formula is C15H10BrFOS. The number of halogens is 2. The fourth-order valence-electron chi connectivity index (χ4n) is 1.89. The zero-order valence-electron chi connectivity index (χ0n) is 9.90. The van der Waals surface area contributed by atoms with Crippen LogP contribution in [0.3, 0.4) is 0 Å². The first-order valence-electron chi connectivity index (χ1n) is 5.77. The highest BCUT2D eigenvalue weighted by molar-refractivity contribution is 9.10. The third-order valence-corrected chi connectivity index (χ3v) is 4.51. The molecule has 1 heterocycles. The molecule has 0 N–H and O–H groups in total. The van der Waals surface area contributed by atoms with Gasteiger partial charge in [-0.2, -0.15) is 0 Å². The van der Waals surface area contributed by atoms with E-state index in [0.29, 0.717) is 12.4 Å². The number of thiophene rings is 1. The van der Waals surface area contributed by atoms with Crippen molar-refractivity contribution < 1.29 is 9.13 Å². The maximum atomic E-state index is 13.2. The molecule has 0 spiro atoms. The SMILES string of the molecule is Fc1ccc(Br)c(OCc2csc3ccccc23)c1. The Morgan fingerprint density at radius 3 is 2.89 bits per heavy atom. The van der Waals surface area contributed by atoms with E-state index in [0.717, 1.165) is 10.0 Å². The Labute approximate surface area is 122 Å². The smallest absolute Gasteiger partial charge is 0.136 e. The van der Waals surface area contributed by atoms with Gasteiger partial charge in [-0.05, 0) is 44.9 Å². The molecule has 1 nitrogen and oxygen atoms in total. The molecule has 0 aliphatic heterocycles. The molecule has 2 aromatic carbocycles. The molecule has 3 rings (SSSR count). The molecule has 96 valence electrons. The molecular weight excluding hydrogens is 327 g/mol. The first kappa shape index (κ1) is 12.6. The highest BCUT2D eigenvalue weighted by Gasteiger charge is 2.07. The van der Waals surface area contributed by atoms with Gasteiger partial charge in [0.25, 0.3) is 0 Å². The second-order valence-corrected chi connectivity index (χ2v) is 5.89. The highest BCUT2D eigenvalue weighted by atomic mass is 79.9. The minimum atomic E-state index is -0.298. The molecule has 0 unspecified atom stereocenters. The standard InChI is InChI=1S/C15H10BrFOS/c16-13-6-5-11(17)7-14(13)18-8-10-9-19-15-4-2-1-3-12(10)15/h1-7,9H,8H2. The summed E-state index contributed by atoms with van der Waals surface area (Å²) in [5, 5.41) is 3.28. The second-order valence-electron chi connectivity index (χ2n) is 4.12. The van der Waals surface area contributed by atoms with Crippen LogP contribution in [0.4, 0.5) is 4.39 Å². The van der Waals surface area contributed by atoms with E-state index in [1.807, 2.05) is 12.1 Å². The number of rotatable bonds is 3. The molecule has 1 aromatic heterocycles. The van der Waals surface area contributed by atoms with Crippen LogP contribution in [-0.4, -0.2) is 0 Å². The second kappa shape index (κ2) is 5.31. The van der Waals surface area contributed by atoms with E-state index in [4.69, 9.17) is 4.74 Å². The lowest BCUT2D eigenvalue weighted by molar-refractivity contribution is 0.304. The van der Waals surface area contributed by atoms with E-state index in [1.165, 1.54) is 22.2 Å². The number of benzene rings is 2. The molecule has 0 atom stereocenters. The molecule has 0 bridgehead atoms. The van der Waals surface area contributed by atoms with Gasteiger partial charge in [-0.15, -0.1) is 11.3 Å². The fourth-order valence-corrected chi connectivity index (χ4v) is 3.20. The van der Waals surface area contributed by atoms with Crippen molar-refractivity contribution in [2.75, 3.05) is 0 Å². The average molecular weight is 337 g/mol. The summed E-state index contributed by atoms with van der Waals surface area (Å²) in [7, 11) is 0. The van der Waals surface area contributed by atoms with Crippen molar-refractivity contribution in [2.24, 2.45) is 0 Å². The fraction of sp³-hybridized carbons (Fsp3) is 0.0667. The van der Waals surface area contributed by atoms with Crippen LogP contribution in [0.5, 0.6) is 5.75 Å². The molecule has 0 fully saturated rings. The molecule has 0 saturated carbocycles. The van der Waals surface area contributed by atoms with E-state index < -0.39 is 0 Å². The molecule has 0 aliphatic carbocycles. The van der Waals surface area contributed by atoms with Gasteiger partial charge in [-0.1, -0.05) is 18.2 Å². The normalized spacial score (nSPS) is 10.8. The topological polar surface area (TPSA) is 9.23 Å². The summed E-state index contributed by atoms with van der Waals surface area (Å²) in [4.78, 5) is 0. The monoisotopic (exact) mass is 336 g/mol. The third kappa shape index (κ3) is 2.65. The van der Waals surface area contributed by atoms with Crippen molar-refractivity contribution in [1.29, 1.82) is 0 Å². The van der Waals surface area contributed by atoms with Crippen LogP contribution >= 0.6 is 27.3 Å². The minimum Gasteiger partial charge on any atom is -0.488 e. The molecule has 19 heavy (non-hydrogen) atoms. The molecule has 0 saturated heterocycles. The lowest BCUT2D eigenvalue weighted by Crippen LogP contribution is -1.95. The van der Waals surface area contributed by atoms with Crippen molar-refractivity contribution in [3.05, 3.63) is 63.7 Å². The van der Waals surface area contributed by atoms with Gasteiger partial charge in [0.1, 0.15) is 18.2 Å². The van der Waals surface area contributed by atoms with Gasteiger partial charge in [-0.25, -0.2) is 4.39 Å². The van der Waals surface area contributed by atoms with Gasteiger partial charge in [0.2, 0.25) is 0 Å². The summed E-state index contributed by atoms with van der Waals surface area (Å²) in [6.07, 6.45) is 0. The Bertz CT molecular complexity index is 723. The van der Waals surface area contributed by atoms with Crippen LogP contribution in [0.15, 0.2) is 52.3 Å².